The minimum Gasteiger partial charge on any atom is -0.465 e. The lowest BCUT2D eigenvalue weighted by molar-refractivity contribution is -0.151. The largest absolute Gasteiger partial charge is 0.465 e. The number of rotatable bonds is 3. The van der Waals surface area contributed by atoms with E-state index in [9.17, 15) is 4.79 Å². The van der Waals surface area contributed by atoms with Crippen LogP contribution in [0.25, 0.3) is 0 Å². The Morgan fingerprint density at radius 3 is 2.30 bits per heavy atom. The highest BCUT2D eigenvalue weighted by Crippen LogP contribution is 2.45. The molecular formula is C16H24O4. The number of fused-ring (bicyclic) bond motifs is 2. The molecule has 0 radical (unpaired) electrons. The Kier molecular flexibility index (Phi) is 3.08. The molecule has 0 aromatic carbocycles. The lowest BCUT2D eigenvalue weighted by Crippen LogP contribution is -2.31. The normalized spacial score (nSPS) is 52.7. The molecule has 112 valence electrons. The molecule has 0 spiro atoms. The Bertz CT molecular complexity index is 409. The summed E-state index contributed by atoms with van der Waals surface area (Å²) in [6.45, 7) is 5.00. The molecule has 2 aliphatic heterocycles. The monoisotopic (exact) mass is 280 g/mol. The maximum Gasteiger partial charge on any atom is 0.309 e. The van der Waals surface area contributed by atoms with Gasteiger partial charge in [-0.05, 0) is 43.4 Å². The molecule has 20 heavy (non-hydrogen) atoms. The summed E-state index contributed by atoms with van der Waals surface area (Å²) in [6.07, 6.45) is 5.66. The molecule has 0 aromatic rings. The Morgan fingerprint density at radius 2 is 1.65 bits per heavy atom. The van der Waals surface area contributed by atoms with Crippen LogP contribution in [0.15, 0.2) is 0 Å². The molecule has 4 fully saturated rings. The molecule has 0 bridgehead atoms. The van der Waals surface area contributed by atoms with Gasteiger partial charge in [0, 0.05) is 0 Å². The number of esters is 1. The van der Waals surface area contributed by atoms with Gasteiger partial charge in [-0.15, -0.1) is 0 Å². The van der Waals surface area contributed by atoms with Crippen LogP contribution in [0.4, 0.5) is 0 Å². The first-order valence-corrected chi connectivity index (χ1v) is 8.09. The zero-order valence-electron chi connectivity index (χ0n) is 12.3. The van der Waals surface area contributed by atoms with E-state index in [2.05, 4.69) is 13.8 Å². The molecule has 4 heteroatoms. The van der Waals surface area contributed by atoms with E-state index in [-0.39, 0.29) is 11.9 Å². The van der Waals surface area contributed by atoms with Crippen LogP contribution in [0, 0.1) is 23.7 Å². The number of epoxide rings is 2. The van der Waals surface area contributed by atoms with Crippen LogP contribution in [-0.2, 0) is 19.0 Å². The average Bonchev–Trinajstić information content (AvgIpc) is 3.28. The van der Waals surface area contributed by atoms with Gasteiger partial charge in [0.15, 0.2) is 0 Å². The van der Waals surface area contributed by atoms with Gasteiger partial charge in [0.2, 0.25) is 0 Å². The molecule has 4 aliphatic rings. The van der Waals surface area contributed by atoms with Crippen molar-refractivity contribution in [3.8, 4) is 0 Å². The van der Waals surface area contributed by atoms with Crippen LogP contribution in [0.3, 0.4) is 0 Å². The van der Waals surface area contributed by atoms with Gasteiger partial charge in [-0.3, -0.25) is 4.79 Å². The summed E-state index contributed by atoms with van der Waals surface area (Å²) < 4.78 is 16.8. The highest BCUT2D eigenvalue weighted by molar-refractivity contribution is 5.72. The summed E-state index contributed by atoms with van der Waals surface area (Å²) in [5.74, 6) is 1.66. The fourth-order valence-corrected chi connectivity index (χ4v) is 4.38. The maximum absolute atomic E-state index is 12.2. The third-order valence-corrected chi connectivity index (χ3v) is 5.60. The minimum atomic E-state index is -0.00251. The lowest BCUT2D eigenvalue weighted by Gasteiger charge is -2.26. The molecule has 0 aromatic heterocycles. The molecular weight excluding hydrogens is 256 g/mol. The van der Waals surface area contributed by atoms with Crippen LogP contribution in [0.5, 0.6) is 0 Å². The van der Waals surface area contributed by atoms with Gasteiger partial charge in [0.25, 0.3) is 0 Å². The smallest absolute Gasteiger partial charge is 0.309 e. The van der Waals surface area contributed by atoms with Gasteiger partial charge < -0.3 is 14.2 Å². The first-order chi connectivity index (χ1) is 9.61. The highest BCUT2D eigenvalue weighted by Gasteiger charge is 2.51. The van der Waals surface area contributed by atoms with E-state index in [1.807, 2.05) is 0 Å². The summed E-state index contributed by atoms with van der Waals surface area (Å²) in [4.78, 5) is 12.2. The Morgan fingerprint density at radius 1 is 1.00 bits per heavy atom. The maximum atomic E-state index is 12.2. The predicted octanol–water partition coefficient (Wildman–Crippen LogP) is 2.16. The van der Waals surface area contributed by atoms with E-state index >= 15 is 0 Å². The highest BCUT2D eigenvalue weighted by atomic mass is 16.6. The molecule has 2 aliphatic carbocycles. The van der Waals surface area contributed by atoms with Crippen molar-refractivity contribution >= 4 is 5.97 Å². The van der Waals surface area contributed by atoms with Gasteiger partial charge in [-0.2, -0.15) is 0 Å². The summed E-state index contributed by atoms with van der Waals surface area (Å²) >= 11 is 0. The molecule has 2 saturated heterocycles. The number of ether oxygens (including phenoxy) is 3. The third kappa shape index (κ3) is 2.37. The molecule has 0 amide bonds. The van der Waals surface area contributed by atoms with Crippen molar-refractivity contribution in [1.82, 2.24) is 0 Å². The summed E-state index contributed by atoms with van der Waals surface area (Å²) in [5, 5.41) is 0. The molecule has 0 N–H and O–H groups in total. The van der Waals surface area contributed by atoms with Gasteiger partial charge in [0.05, 0.1) is 36.9 Å². The second kappa shape index (κ2) is 4.70. The van der Waals surface area contributed by atoms with Gasteiger partial charge in [-0.25, -0.2) is 0 Å². The van der Waals surface area contributed by atoms with Gasteiger partial charge in [0.1, 0.15) is 0 Å². The Labute approximate surface area is 120 Å². The minimum absolute atomic E-state index is 0.00251. The van der Waals surface area contributed by atoms with Crippen LogP contribution < -0.4 is 0 Å². The number of hydrogen-bond acceptors (Lipinski definition) is 4. The van der Waals surface area contributed by atoms with E-state index < -0.39 is 0 Å². The van der Waals surface area contributed by atoms with E-state index in [1.54, 1.807) is 0 Å². The van der Waals surface area contributed by atoms with E-state index in [0.29, 0.717) is 48.8 Å². The summed E-state index contributed by atoms with van der Waals surface area (Å²) in [6, 6.07) is 0. The zero-order valence-corrected chi connectivity index (χ0v) is 12.3. The number of carbonyl (C=O) groups excluding carboxylic acids is 1. The lowest BCUT2D eigenvalue weighted by atomic mass is 9.82. The van der Waals surface area contributed by atoms with Crippen LogP contribution in [-0.4, -0.2) is 37.0 Å². The van der Waals surface area contributed by atoms with Gasteiger partial charge >= 0.3 is 5.97 Å². The van der Waals surface area contributed by atoms with Crippen molar-refractivity contribution in [2.75, 3.05) is 6.61 Å². The van der Waals surface area contributed by atoms with Gasteiger partial charge in [-0.1, -0.05) is 13.8 Å². The molecule has 8 atom stereocenters. The number of carbonyl (C=O) groups is 1. The Balaban J connectivity index is 1.25. The second-order valence-electron chi connectivity index (χ2n) is 7.37. The first-order valence-electron chi connectivity index (χ1n) is 8.09. The SMILES string of the molecule is CC1CC(COC(=O)C2CC(C)C3OC3C2)CC2OC12. The van der Waals surface area contributed by atoms with E-state index in [0.717, 1.165) is 25.7 Å². The van der Waals surface area contributed by atoms with Crippen molar-refractivity contribution in [3.63, 3.8) is 0 Å². The fourth-order valence-electron chi connectivity index (χ4n) is 4.38. The molecule has 2 heterocycles. The molecule has 8 unspecified atom stereocenters. The third-order valence-electron chi connectivity index (χ3n) is 5.60. The first kappa shape index (κ1) is 13.1. The standard InChI is InChI=1S/C16H24O4/c1-8-3-10(5-12-14(8)19-12)7-18-16(17)11-4-9(2)15-13(6-11)20-15/h8-15H,3-7H2,1-2H3. The van der Waals surface area contributed by atoms with Crippen molar-refractivity contribution in [1.29, 1.82) is 0 Å². The van der Waals surface area contributed by atoms with Crippen molar-refractivity contribution < 1.29 is 19.0 Å². The quantitative estimate of drug-likeness (QED) is 0.587. The molecule has 2 saturated carbocycles. The van der Waals surface area contributed by atoms with Crippen LogP contribution in [0.1, 0.15) is 39.5 Å². The van der Waals surface area contributed by atoms with Crippen molar-refractivity contribution in [2.45, 2.75) is 63.9 Å². The van der Waals surface area contributed by atoms with Crippen molar-refractivity contribution in [2.24, 2.45) is 23.7 Å². The van der Waals surface area contributed by atoms with Crippen molar-refractivity contribution in [3.05, 3.63) is 0 Å². The van der Waals surface area contributed by atoms with Crippen LogP contribution >= 0.6 is 0 Å². The number of hydrogen-bond donors (Lipinski definition) is 0. The topological polar surface area (TPSA) is 51.4 Å². The predicted molar refractivity (Wildman–Crippen MR) is 72.1 cm³/mol. The second-order valence-corrected chi connectivity index (χ2v) is 7.37. The summed E-state index contributed by atoms with van der Waals surface area (Å²) in [5.41, 5.74) is 0. The van der Waals surface area contributed by atoms with E-state index in [1.165, 1.54) is 0 Å². The molecule has 4 rings (SSSR count). The van der Waals surface area contributed by atoms with E-state index in [4.69, 9.17) is 14.2 Å². The van der Waals surface area contributed by atoms with Crippen LogP contribution in [0.2, 0.25) is 0 Å². The zero-order chi connectivity index (χ0) is 13.9. The average molecular weight is 280 g/mol. The molecule has 4 nitrogen and oxygen atoms in total. The Hall–Kier alpha value is -0.610. The fraction of sp³-hybridized carbons (Fsp3) is 0.938. The summed E-state index contributed by atoms with van der Waals surface area (Å²) in [7, 11) is 0.